The van der Waals surface area contributed by atoms with E-state index in [1.54, 1.807) is 12.1 Å². The summed E-state index contributed by atoms with van der Waals surface area (Å²) >= 11 is 0. The van der Waals surface area contributed by atoms with Crippen molar-refractivity contribution in [3.63, 3.8) is 0 Å². The molecule has 1 aliphatic rings. The largest absolute Gasteiger partial charge is 2.00 e. The van der Waals surface area contributed by atoms with Gasteiger partial charge in [0, 0.05) is 52.4 Å². The molecule has 1 saturated heterocycles. The van der Waals surface area contributed by atoms with Crippen LogP contribution in [0.25, 0.3) is 0 Å². The molecule has 1 aliphatic heterocycles. The molecular formula is C23H32ClEuN5O4+2. The van der Waals surface area contributed by atoms with Crippen molar-refractivity contribution >= 4 is 11.9 Å². The SMILES string of the molecule is C[CH+]C.O=C(O)c1cccc(CN2CCNCCN(Cc3cccc(C(=O)O)n3)CC2)n1.[Cl-].[Eu+2]. The maximum absolute atomic E-state index is 11.1. The minimum absolute atomic E-state index is 0. The van der Waals surface area contributed by atoms with Gasteiger partial charge in [0.15, 0.2) is 0 Å². The van der Waals surface area contributed by atoms with Crippen molar-refractivity contribution in [2.24, 2.45) is 0 Å². The summed E-state index contributed by atoms with van der Waals surface area (Å²) < 4.78 is 0. The molecule has 2 aromatic rings. The Labute approximate surface area is 248 Å². The number of hydrogen-bond donors (Lipinski definition) is 3. The van der Waals surface area contributed by atoms with Crippen molar-refractivity contribution in [1.82, 2.24) is 25.1 Å². The molecule has 3 rings (SSSR count). The van der Waals surface area contributed by atoms with E-state index in [2.05, 4.69) is 25.1 Å². The topological polar surface area (TPSA) is 119 Å². The molecule has 0 bridgehead atoms. The first-order valence-electron chi connectivity index (χ1n) is 10.7. The molecule has 11 heteroatoms. The van der Waals surface area contributed by atoms with Crippen molar-refractivity contribution in [3.05, 3.63) is 65.6 Å². The minimum atomic E-state index is -1.03. The first-order valence-corrected chi connectivity index (χ1v) is 10.7. The van der Waals surface area contributed by atoms with Gasteiger partial charge in [-0.05, 0) is 24.3 Å². The molecule has 1 radical (unpaired) electrons. The summed E-state index contributed by atoms with van der Waals surface area (Å²) in [5.74, 6) is -2.06. The summed E-state index contributed by atoms with van der Waals surface area (Å²) in [6, 6.07) is 10.1. The fourth-order valence-corrected chi connectivity index (χ4v) is 3.25. The minimum Gasteiger partial charge on any atom is -1.00 e. The van der Waals surface area contributed by atoms with Gasteiger partial charge in [-0.25, -0.2) is 19.6 Å². The molecule has 185 valence electrons. The quantitative estimate of drug-likeness (QED) is 0.347. The van der Waals surface area contributed by atoms with E-state index < -0.39 is 11.9 Å². The van der Waals surface area contributed by atoms with Crippen LogP contribution in [0.15, 0.2) is 36.4 Å². The predicted molar refractivity (Wildman–Crippen MR) is 121 cm³/mol. The Hall–Kier alpha value is -1.14. The number of carboxylic acid groups (broad SMARTS) is 2. The standard InChI is InChI=1S/C20H25N5O4.C3H7.ClH.Eu/c26-19(27)17-5-1-3-15(22-17)13-24-9-7-21-8-10-25(12-11-24)14-16-4-2-6-18(23-16)20(28)29;1-3-2;;/h1-6,21H,7-14H2,(H,26,27)(H,28,29);3H,1-2H3;1H;/q;+1;;+2/p-1. The van der Waals surface area contributed by atoms with Crippen LogP contribution in [0, 0.1) is 55.8 Å². The summed E-state index contributed by atoms with van der Waals surface area (Å²) in [5, 5.41) is 21.7. The molecule has 3 heterocycles. The third-order valence-electron chi connectivity index (χ3n) is 4.77. The summed E-state index contributed by atoms with van der Waals surface area (Å²) in [4.78, 5) is 35.2. The van der Waals surface area contributed by atoms with Gasteiger partial charge in [-0.1, -0.05) is 12.1 Å². The van der Waals surface area contributed by atoms with E-state index in [4.69, 9.17) is 10.2 Å². The van der Waals surface area contributed by atoms with Gasteiger partial charge in [-0.15, -0.1) is 0 Å². The molecule has 0 unspecified atom stereocenters. The molecule has 0 spiro atoms. The average Bonchev–Trinajstić information content (AvgIpc) is 2.87. The van der Waals surface area contributed by atoms with Crippen LogP contribution in [0.4, 0.5) is 0 Å². The maximum Gasteiger partial charge on any atom is 2.00 e. The molecule has 0 aliphatic carbocycles. The number of halogens is 1. The van der Waals surface area contributed by atoms with Crippen molar-refractivity contribution in [1.29, 1.82) is 0 Å². The Morgan fingerprint density at radius 1 is 0.853 bits per heavy atom. The van der Waals surface area contributed by atoms with Crippen LogP contribution in [-0.2, 0) is 13.1 Å². The molecule has 0 aromatic carbocycles. The molecule has 2 aromatic heterocycles. The molecule has 1 fully saturated rings. The second kappa shape index (κ2) is 18.2. The number of nitrogens with zero attached hydrogens (tertiary/aromatic N) is 4. The van der Waals surface area contributed by atoms with Crippen molar-refractivity contribution in [2.75, 3.05) is 39.3 Å². The van der Waals surface area contributed by atoms with Gasteiger partial charge in [0.25, 0.3) is 0 Å². The molecular weight excluding hydrogens is 598 g/mol. The number of carboxylic acids is 2. The fourth-order valence-electron chi connectivity index (χ4n) is 3.25. The van der Waals surface area contributed by atoms with Gasteiger partial charge in [0.2, 0.25) is 0 Å². The number of rotatable bonds is 6. The number of carbonyl (C=O) groups is 2. The van der Waals surface area contributed by atoms with Crippen molar-refractivity contribution < 1.29 is 81.6 Å². The zero-order chi connectivity index (χ0) is 23.3. The van der Waals surface area contributed by atoms with Gasteiger partial charge in [-0.3, -0.25) is 9.80 Å². The smallest absolute Gasteiger partial charge is 1.00 e. The van der Waals surface area contributed by atoms with Crippen LogP contribution >= 0.6 is 0 Å². The first kappa shape index (κ1) is 32.9. The molecule has 9 nitrogen and oxygen atoms in total. The second-order valence-corrected chi connectivity index (χ2v) is 7.52. The first-order chi connectivity index (χ1) is 15.4. The van der Waals surface area contributed by atoms with Gasteiger partial charge in [0.05, 0.1) is 31.7 Å². The Kier molecular flexibility index (Phi) is 17.6. The van der Waals surface area contributed by atoms with E-state index in [0.29, 0.717) is 13.1 Å². The van der Waals surface area contributed by atoms with Gasteiger partial charge < -0.3 is 27.9 Å². The van der Waals surface area contributed by atoms with Crippen molar-refractivity contribution in [2.45, 2.75) is 26.9 Å². The summed E-state index contributed by atoms with van der Waals surface area (Å²) in [7, 11) is 0. The Bertz CT molecular complexity index is 820. The molecule has 34 heavy (non-hydrogen) atoms. The van der Waals surface area contributed by atoms with Gasteiger partial charge in [0.1, 0.15) is 11.4 Å². The van der Waals surface area contributed by atoms with Crippen LogP contribution in [-0.4, -0.2) is 81.2 Å². The fraction of sp³-hybridized carbons (Fsp3) is 0.435. The Morgan fingerprint density at radius 3 is 1.59 bits per heavy atom. The summed E-state index contributed by atoms with van der Waals surface area (Å²) in [5.41, 5.74) is 1.56. The second-order valence-electron chi connectivity index (χ2n) is 7.52. The number of aromatic nitrogens is 2. The third kappa shape index (κ3) is 12.0. The van der Waals surface area contributed by atoms with Crippen molar-refractivity contribution in [3.8, 4) is 0 Å². The average molecular weight is 630 g/mol. The summed E-state index contributed by atoms with van der Waals surface area (Å²) in [6.45, 7) is 10.1. The van der Waals surface area contributed by atoms with E-state index in [9.17, 15) is 9.59 Å². The van der Waals surface area contributed by atoms with Crippen LogP contribution in [0.2, 0.25) is 0 Å². The van der Waals surface area contributed by atoms with E-state index in [1.165, 1.54) is 12.1 Å². The summed E-state index contributed by atoms with van der Waals surface area (Å²) in [6.07, 6.45) is 2.00. The number of nitrogens with one attached hydrogen (secondary N) is 1. The van der Waals surface area contributed by atoms with Gasteiger partial charge in [-0.2, -0.15) is 0 Å². The Morgan fingerprint density at radius 2 is 1.24 bits per heavy atom. The van der Waals surface area contributed by atoms with E-state index >= 15 is 0 Å². The molecule has 3 N–H and O–H groups in total. The predicted octanol–water partition coefficient (Wildman–Crippen LogP) is -0.985. The third-order valence-corrected chi connectivity index (χ3v) is 4.77. The monoisotopic (exact) mass is 630 g/mol. The number of hydrogen-bond acceptors (Lipinski definition) is 7. The zero-order valence-corrected chi connectivity index (χ0v) is 22.6. The normalized spacial score (nSPS) is 14.5. The van der Waals surface area contributed by atoms with Crippen LogP contribution < -0.4 is 17.7 Å². The zero-order valence-electron chi connectivity index (χ0n) is 19.5. The molecule has 0 atom stereocenters. The molecule has 0 amide bonds. The van der Waals surface area contributed by atoms with E-state index in [-0.39, 0.29) is 73.2 Å². The maximum atomic E-state index is 11.1. The van der Waals surface area contributed by atoms with Crippen LogP contribution in [0.3, 0.4) is 0 Å². The number of aromatic carboxylic acids is 2. The van der Waals surface area contributed by atoms with Gasteiger partial charge >= 0.3 is 61.3 Å². The van der Waals surface area contributed by atoms with E-state index in [1.807, 2.05) is 32.4 Å². The molecule has 0 saturated carbocycles. The van der Waals surface area contributed by atoms with Crippen LogP contribution in [0.1, 0.15) is 46.2 Å². The van der Waals surface area contributed by atoms with Crippen LogP contribution in [0.5, 0.6) is 0 Å². The Balaban J connectivity index is 0.00000207. The number of pyridine rings is 2. The van der Waals surface area contributed by atoms with E-state index in [0.717, 1.165) is 50.7 Å².